The summed E-state index contributed by atoms with van der Waals surface area (Å²) in [6.07, 6.45) is 4.39. The van der Waals surface area contributed by atoms with Gasteiger partial charge in [0.05, 0.1) is 6.10 Å². The van der Waals surface area contributed by atoms with Gasteiger partial charge >= 0.3 is 0 Å². The van der Waals surface area contributed by atoms with Crippen LogP contribution < -0.4 is 0 Å². The van der Waals surface area contributed by atoms with E-state index in [4.69, 9.17) is 4.74 Å². The molecule has 66 valence electrons. The van der Waals surface area contributed by atoms with E-state index in [1.165, 1.54) is 19.3 Å². The Labute approximate surface area is 70.1 Å². The molecule has 1 nitrogen and oxygen atoms in total. The second kappa shape index (κ2) is 4.10. The van der Waals surface area contributed by atoms with E-state index >= 15 is 0 Å². The molecule has 0 amide bonds. The van der Waals surface area contributed by atoms with E-state index in [-0.39, 0.29) is 0 Å². The zero-order valence-electron chi connectivity index (χ0n) is 7.97. The molecule has 0 aromatic rings. The highest BCUT2D eigenvalue weighted by Crippen LogP contribution is 2.23. The summed E-state index contributed by atoms with van der Waals surface area (Å²) in [6, 6.07) is 0. The predicted octanol–water partition coefficient (Wildman–Crippen LogP) is 2.85. The van der Waals surface area contributed by atoms with Crippen molar-refractivity contribution in [1.82, 2.24) is 0 Å². The van der Waals surface area contributed by atoms with Gasteiger partial charge in [0.2, 0.25) is 0 Å². The third kappa shape index (κ3) is 2.82. The van der Waals surface area contributed by atoms with Crippen LogP contribution in [0, 0.1) is 11.8 Å². The van der Waals surface area contributed by atoms with Crippen LogP contribution in [0.2, 0.25) is 0 Å². The van der Waals surface area contributed by atoms with Crippen LogP contribution in [0.4, 0.5) is 0 Å². The Morgan fingerprint density at radius 3 is 2.73 bits per heavy atom. The van der Waals surface area contributed by atoms with Gasteiger partial charge in [0.25, 0.3) is 0 Å². The zero-order chi connectivity index (χ0) is 8.27. The quantitative estimate of drug-likeness (QED) is 0.567. The fourth-order valence-corrected chi connectivity index (χ4v) is 1.71. The summed E-state index contributed by atoms with van der Waals surface area (Å²) in [4.78, 5) is 0. The topological polar surface area (TPSA) is 9.23 Å². The van der Waals surface area contributed by atoms with Crippen LogP contribution in [-0.4, -0.2) is 12.7 Å². The van der Waals surface area contributed by atoms with Crippen molar-refractivity contribution in [3.05, 3.63) is 0 Å². The van der Waals surface area contributed by atoms with Crippen LogP contribution >= 0.6 is 0 Å². The summed E-state index contributed by atoms with van der Waals surface area (Å²) in [5.41, 5.74) is 0. The van der Waals surface area contributed by atoms with Gasteiger partial charge in [-0.25, -0.2) is 0 Å². The van der Waals surface area contributed by atoms with Gasteiger partial charge in [-0.05, 0) is 31.1 Å². The van der Waals surface area contributed by atoms with Gasteiger partial charge in [0, 0.05) is 6.61 Å². The predicted molar refractivity (Wildman–Crippen MR) is 47.6 cm³/mol. The summed E-state index contributed by atoms with van der Waals surface area (Å²) < 4.78 is 5.73. The van der Waals surface area contributed by atoms with Crippen molar-refractivity contribution in [2.45, 2.75) is 46.1 Å². The summed E-state index contributed by atoms with van der Waals surface area (Å²) >= 11 is 0. The highest BCUT2D eigenvalue weighted by Gasteiger charge is 2.19. The molecule has 1 heteroatoms. The number of rotatable bonds is 1. The van der Waals surface area contributed by atoms with Gasteiger partial charge < -0.3 is 4.74 Å². The molecule has 0 aromatic carbocycles. The molecule has 0 saturated carbocycles. The average Bonchev–Trinajstić information content (AvgIpc) is 2.13. The molecule has 1 saturated heterocycles. The fourth-order valence-electron chi connectivity index (χ4n) is 1.71. The highest BCUT2D eigenvalue weighted by atomic mass is 16.5. The van der Waals surface area contributed by atoms with Crippen molar-refractivity contribution in [2.75, 3.05) is 6.61 Å². The lowest BCUT2D eigenvalue weighted by Gasteiger charge is -2.20. The lowest BCUT2D eigenvalue weighted by molar-refractivity contribution is 0.0234. The smallest absolute Gasteiger partial charge is 0.0600 e. The maximum Gasteiger partial charge on any atom is 0.0600 e. The SMILES string of the molecule is CC(C)[C@@H]1C[C@@H](C)CCCO1. The maximum atomic E-state index is 5.73. The second-order valence-electron chi connectivity index (χ2n) is 4.14. The molecule has 0 N–H and O–H groups in total. The monoisotopic (exact) mass is 156 g/mol. The number of hydrogen-bond donors (Lipinski definition) is 0. The van der Waals surface area contributed by atoms with E-state index in [0.29, 0.717) is 12.0 Å². The summed E-state index contributed by atoms with van der Waals surface area (Å²) in [5.74, 6) is 1.56. The minimum atomic E-state index is 0.521. The molecule has 0 radical (unpaired) electrons. The molecular formula is C10H20O. The van der Waals surface area contributed by atoms with Gasteiger partial charge in [-0.2, -0.15) is 0 Å². The van der Waals surface area contributed by atoms with Crippen LogP contribution in [0.25, 0.3) is 0 Å². The Bertz CT molecular complexity index is 109. The first kappa shape index (κ1) is 9.05. The Balaban J connectivity index is 2.39. The molecule has 2 atom stereocenters. The van der Waals surface area contributed by atoms with Crippen molar-refractivity contribution >= 4 is 0 Å². The van der Waals surface area contributed by atoms with E-state index in [1.54, 1.807) is 0 Å². The van der Waals surface area contributed by atoms with Crippen LogP contribution in [0.5, 0.6) is 0 Å². The molecule has 11 heavy (non-hydrogen) atoms. The third-order valence-corrected chi connectivity index (χ3v) is 2.55. The Morgan fingerprint density at radius 2 is 2.09 bits per heavy atom. The first-order valence-electron chi connectivity index (χ1n) is 4.81. The molecule has 1 aliphatic heterocycles. The fraction of sp³-hybridized carbons (Fsp3) is 1.00. The third-order valence-electron chi connectivity index (χ3n) is 2.55. The van der Waals surface area contributed by atoms with Crippen molar-refractivity contribution in [2.24, 2.45) is 11.8 Å². The summed E-state index contributed by atoms with van der Waals surface area (Å²) in [7, 11) is 0. The van der Waals surface area contributed by atoms with E-state index < -0.39 is 0 Å². The lowest BCUT2D eigenvalue weighted by atomic mass is 9.94. The highest BCUT2D eigenvalue weighted by molar-refractivity contribution is 4.69. The minimum absolute atomic E-state index is 0.521. The van der Waals surface area contributed by atoms with Crippen LogP contribution in [-0.2, 0) is 4.74 Å². The molecule has 1 aliphatic rings. The normalized spacial score (nSPS) is 33.8. The zero-order valence-corrected chi connectivity index (χ0v) is 7.97. The first-order chi connectivity index (χ1) is 5.20. The van der Waals surface area contributed by atoms with Gasteiger partial charge in [-0.15, -0.1) is 0 Å². The summed E-state index contributed by atoms with van der Waals surface area (Å²) in [5, 5.41) is 0. The van der Waals surface area contributed by atoms with Gasteiger partial charge in [-0.3, -0.25) is 0 Å². The maximum absolute atomic E-state index is 5.73. The molecule has 0 bridgehead atoms. The van der Waals surface area contributed by atoms with Crippen molar-refractivity contribution < 1.29 is 4.74 Å². The van der Waals surface area contributed by atoms with E-state index in [2.05, 4.69) is 20.8 Å². The molecule has 0 unspecified atom stereocenters. The van der Waals surface area contributed by atoms with Crippen LogP contribution in [0.3, 0.4) is 0 Å². The molecule has 1 rings (SSSR count). The molecule has 0 spiro atoms. The van der Waals surface area contributed by atoms with Crippen molar-refractivity contribution in [3.63, 3.8) is 0 Å². The Hall–Kier alpha value is -0.0400. The van der Waals surface area contributed by atoms with Crippen LogP contribution in [0.15, 0.2) is 0 Å². The van der Waals surface area contributed by atoms with Gasteiger partial charge in [0.15, 0.2) is 0 Å². The van der Waals surface area contributed by atoms with Crippen LogP contribution in [0.1, 0.15) is 40.0 Å². The lowest BCUT2D eigenvalue weighted by Crippen LogP contribution is -2.20. The molecule has 1 fully saturated rings. The molecule has 0 aromatic heterocycles. The van der Waals surface area contributed by atoms with E-state index in [0.717, 1.165) is 12.5 Å². The first-order valence-corrected chi connectivity index (χ1v) is 4.81. The minimum Gasteiger partial charge on any atom is -0.378 e. The largest absolute Gasteiger partial charge is 0.378 e. The Morgan fingerprint density at radius 1 is 1.36 bits per heavy atom. The Kier molecular flexibility index (Phi) is 3.38. The summed E-state index contributed by atoms with van der Waals surface area (Å²) in [6.45, 7) is 7.82. The molecule has 0 aliphatic carbocycles. The molecular weight excluding hydrogens is 136 g/mol. The number of hydrogen-bond acceptors (Lipinski definition) is 1. The average molecular weight is 156 g/mol. The van der Waals surface area contributed by atoms with E-state index in [1.807, 2.05) is 0 Å². The van der Waals surface area contributed by atoms with E-state index in [9.17, 15) is 0 Å². The van der Waals surface area contributed by atoms with Crippen molar-refractivity contribution in [1.29, 1.82) is 0 Å². The van der Waals surface area contributed by atoms with Gasteiger partial charge in [0.1, 0.15) is 0 Å². The van der Waals surface area contributed by atoms with Gasteiger partial charge in [-0.1, -0.05) is 20.8 Å². The number of ether oxygens (including phenoxy) is 1. The van der Waals surface area contributed by atoms with Crippen molar-refractivity contribution in [3.8, 4) is 0 Å². The second-order valence-corrected chi connectivity index (χ2v) is 4.14. The standard InChI is InChI=1S/C10H20O/c1-8(2)10-7-9(3)5-4-6-11-10/h8-10H,4-7H2,1-3H3/t9-,10-/m0/s1. The molecule has 1 heterocycles.